The average Bonchev–Trinajstić information content (AvgIpc) is 3.23. The van der Waals surface area contributed by atoms with Crippen LogP contribution in [0.5, 0.6) is 0 Å². The summed E-state index contributed by atoms with van der Waals surface area (Å²) in [4.78, 5) is 2.58. The molecule has 0 amide bonds. The van der Waals surface area contributed by atoms with Crippen molar-refractivity contribution in [2.75, 3.05) is 6.54 Å². The molecule has 1 aromatic heterocycles. The minimum atomic E-state index is 0.173. The summed E-state index contributed by atoms with van der Waals surface area (Å²) in [5.41, 5.74) is 1.34. The number of aromatic nitrogens is 2. The smallest absolute Gasteiger partial charge is 0.0672 e. The van der Waals surface area contributed by atoms with Gasteiger partial charge in [-0.3, -0.25) is 9.58 Å². The van der Waals surface area contributed by atoms with Gasteiger partial charge >= 0.3 is 0 Å². The highest BCUT2D eigenvalue weighted by molar-refractivity contribution is 5.17. The molecule has 2 aliphatic rings. The van der Waals surface area contributed by atoms with Crippen LogP contribution >= 0.6 is 0 Å². The van der Waals surface area contributed by atoms with Crippen LogP contribution in [-0.2, 0) is 13.1 Å². The maximum Gasteiger partial charge on any atom is 0.0672 e. The molecule has 1 N–H and O–H groups in total. The van der Waals surface area contributed by atoms with Gasteiger partial charge in [-0.05, 0) is 30.9 Å². The topological polar surface area (TPSA) is 56.9 Å². The van der Waals surface area contributed by atoms with Crippen LogP contribution < -0.4 is 5.32 Å². The number of fused-ring (bicyclic) bond motifs is 2. The molecule has 2 bridgehead atoms. The molecule has 2 aromatic rings. The van der Waals surface area contributed by atoms with Crippen molar-refractivity contribution in [2.24, 2.45) is 5.92 Å². The van der Waals surface area contributed by atoms with Gasteiger partial charge in [0.15, 0.2) is 0 Å². The zero-order valence-electron chi connectivity index (χ0n) is 14.5. The Morgan fingerprint density at radius 2 is 2.04 bits per heavy atom. The normalized spacial score (nSPS) is 28.8. The number of benzene rings is 1. The van der Waals surface area contributed by atoms with Gasteiger partial charge in [0.1, 0.15) is 0 Å². The lowest BCUT2D eigenvalue weighted by atomic mass is 9.95. The molecule has 130 valence electrons. The summed E-state index contributed by atoms with van der Waals surface area (Å²) >= 11 is 0. The van der Waals surface area contributed by atoms with Crippen molar-refractivity contribution in [1.29, 1.82) is 5.26 Å². The Bertz CT molecular complexity index is 705. The maximum atomic E-state index is 9.58. The van der Waals surface area contributed by atoms with Crippen molar-refractivity contribution in [3.8, 4) is 6.07 Å². The molecule has 2 fully saturated rings. The fraction of sp³-hybridized carbons (Fsp3) is 0.500. The summed E-state index contributed by atoms with van der Waals surface area (Å²) in [6, 6.07) is 16.5. The second kappa shape index (κ2) is 7.38. The van der Waals surface area contributed by atoms with Crippen LogP contribution in [0.3, 0.4) is 0 Å². The highest BCUT2D eigenvalue weighted by Gasteiger charge is 2.47. The molecule has 0 radical (unpaired) electrons. The number of rotatable bonds is 6. The number of nitrogens with one attached hydrogen (secondary N) is 1. The SMILES string of the molecule is N#CC1CC2C(NCCn3cccn3)CCC1N2Cc1ccccc1. The van der Waals surface area contributed by atoms with E-state index in [1.54, 1.807) is 0 Å². The van der Waals surface area contributed by atoms with E-state index >= 15 is 0 Å². The van der Waals surface area contributed by atoms with Crippen LogP contribution in [0.25, 0.3) is 0 Å². The summed E-state index contributed by atoms with van der Waals surface area (Å²) in [5, 5.41) is 17.6. The highest BCUT2D eigenvalue weighted by Crippen LogP contribution is 2.40. The minimum absolute atomic E-state index is 0.173. The maximum absolute atomic E-state index is 9.58. The molecule has 1 aromatic carbocycles. The third kappa shape index (κ3) is 3.46. The minimum Gasteiger partial charge on any atom is -0.311 e. The van der Waals surface area contributed by atoms with Gasteiger partial charge in [-0.25, -0.2) is 0 Å². The molecule has 2 aliphatic heterocycles. The Hall–Kier alpha value is -2.16. The van der Waals surface area contributed by atoms with Gasteiger partial charge in [0.25, 0.3) is 0 Å². The summed E-state index contributed by atoms with van der Waals surface area (Å²) < 4.78 is 1.97. The summed E-state index contributed by atoms with van der Waals surface area (Å²) in [7, 11) is 0. The van der Waals surface area contributed by atoms with E-state index in [1.807, 2.05) is 23.1 Å². The molecule has 25 heavy (non-hydrogen) atoms. The molecular weight excluding hydrogens is 310 g/mol. The van der Waals surface area contributed by atoms with Crippen LogP contribution in [0.2, 0.25) is 0 Å². The van der Waals surface area contributed by atoms with Crippen molar-refractivity contribution < 1.29 is 0 Å². The van der Waals surface area contributed by atoms with E-state index in [4.69, 9.17) is 0 Å². The van der Waals surface area contributed by atoms with Crippen LogP contribution in [0.15, 0.2) is 48.8 Å². The van der Waals surface area contributed by atoms with Crippen LogP contribution in [-0.4, -0.2) is 39.4 Å². The molecule has 3 heterocycles. The summed E-state index contributed by atoms with van der Waals surface area (Å²) in [6.45, 7) is 2.76. The third-order valence-corrected chi connectivity index (χ3v) is 5.73. The standard InChI is InChI=1S/C20H25N5/c21-14-17-13-20-18(22-10-12-24-11-4-9-23-24)7-8-19(17)25(20)15-16-5-2-1-3-6-16/h1-6,9,11,17-20,22H,7-8,10,12-13,15H2. The Morgan fingerprint density at radius 1 is 1.16 bits per heavy atom. The largest absolute Gasteiger partial charge is 0.311 e. The number of piperidine rings is 1. The number of hydrogen-bond acceptors (Lipinski definition) is 4. The first-order valence-corrected chi connectivity index (χ1v) is 9.25. The number of nitriles is 1. The Kier molecular flexibility index (Phi) is 4.82. The lowest BCUT2D eigenvalue weighted by molar-refractivity contribution is 0.0960. The van der Waals surface area contributed by atoms with Crippen LogP contribution in [0.4, 0.5) is 0 Å². The third-order valence-electron chi connectivity index (χ3n) is 5.73. The molecule has 0 saturated carbocycles. The fourth-order valence-corrected chi connectivity index (χ4v) is 4.54. The molecule has 0 spiro atoms. The highest BCUT2D eigenvalue weighted by atomic mass is 15.3. The first kappa shape index (κ1) is 16.3. The Balaban J connectivity index is 1.42. The van der Waals surface area contributed by atoms with E-state index in [2.05, 4.69) is 51.7 Å². The van der Waals surface area contributed by atoms with E-state index in [0.29, 0.717) is 18.1 Å². The van der Waals surface area contributed by atoms with Crippen molar-refractivity contribution in [3.05, 3.63) is 54.4 Å². The van der Waals surface area contributed by atoms with Gasteiger partial charge in [0.05, 0.1) is 18.5 Å². The van der Waals surface area contributed by atoms with Crippen LogP contribution in [0, 0.1) is 17.2 Å². The lowest BCUT2D eigenvalue weighted by Crippen LogP contribution is -2.53. The Labute approximate surface area is 149 Å². The van der Waals surface area contributed by atoms with Crippen molar-refractivity contribution in [2.45, 2.75) is 50.5 Å². The zero-order chi connectivity index (χ0) is 17.1. The van der Waals surface area contributed by atoms with Gasteiger partial charge in [0.2, 0.25) is 0 Å². The van der Waals surface area contributed by atoms with Crippen molar-refractivity contribution >= 4 is 0 Å². The lowest BCUT2D eigenvalue weighted by Gasteiger charge is -2.40. The fourth-order valence-electron chi connectivity index (χ4n) is 4.54. The molecule has 0 aliphatic carbocycles. The average molecular weight is 335 g/mol. The molecule has 4 rings (SSSR count). The van der Waals surface area contributed by atoms with Crippen LogP contribution in [0.1, 0.15) is 24.8 Å². The van der Waals surface area contributed by atoms with Gasteiger partial charge < -0.3 is 5.32 Å². The van der Waals surface area contributed by atoms with Gasteiger partial charge in [-0.2, -0.15) is 10.4 Å². The van der Waals surface area contributed by atoms with E-state index in [0.717, 1.165) is 38.9 Å². The van der Waals surface area contributed by atoms with E-state index in [-0.39, 0.29) is 5.92 Å². The van der Waals surface area contributed by atoms with Crippen molar-refractivity contribution in [1.82, 2.24) is 20.0 Å². The Morgan fingerprint density at radius 3 is 2.80 bits per heavy atom. The number of hydrogen-bond donors (Lipinski definition) is 1. The molecule has 2 saturated heterocycles. The molecule has 4 atom stereocenters. The predicted octanol–water partition coefficient (Wildman–Crippen LogP) is 2.42. The second-order valence-electron chi connectivity index (χ2n) is 7.17. The van der Waals surface area contributed by atoms with Gasteiger partial charge in [-0.15, -0.1) is 0 Å². The molecule has 4 unspecified atom stereocenters. The quantitative estimate of drug-likeness (QED) is 0.881. The van der Waals surface area contributed by atoms with E-state index in [1.165, 1.54) is 5.56 Å². The monoisotopic (exact) mass is 335 g/mol. The zero-order valence-corrected chi connectivity index (χ0v) is 14.5. The first-order chi connectivity index (χ1) is 12.3. The summed E-state index contributed by atoms with van der Waals surface area (Å²) in [5.74, 6) is 0.173. The van der Waals surface area contributed by atoms with E-state index < -0.39 is 0 Å². The molecular formula is C20H25N5. The van der Waals surface area contributed by atoms with Crippen molar-refractivity contribution in [3.63, 3.8) is 0 Å². The first-order valence-electron chi connectivity index (χ1n) is 9.25. The number of nitrogens with zero attached hydrogens (tertiary/aromatic N) is 4. The molecule has 5 heteroatoms. The summed E-state index contributed by atoms with van der Waals surface area (Å²) in [6.07, 6.45) is 7.09. The van der Waals surface area contributed by atoms with Gasteiger partial charge in [0, 0.05) is 43.6 Å². The second-order valence-corrected chi connectivity index (χ2v) is 7.17. The van der Waals surface area contributed by atoms with E-state index in [9.17, 15) is 5.26 Å². The van der Waals surface area contributed by atoms with Gasteiger partial charge in [-0.1, -0.05) is 30.3 Å². The molecule has 5 nitrogen and oxygen atoms in total. The predicted molar refractivity (Wildman–Crippen MR) is 96.5 cm³/mol.